The number of hydrogen-bond acceptors (Lipinski definition) is 18. The first-order valence-electron chi connectivity index (χ1n) is 27.0. The average molecular weight is 1160 g/mol. The molecule has 0 unspecified atom stereocenters. The Labute approximate surface area is 492 Å². The van der Waals surface area contributed by atoms with E-state index in [0.717, 1.165) is 11.8 Å². The van der Waals surface area contributed by atoms with Crippen LogP contribution in [0.2, 0.25) is 0 Å². The molecule has 0 aliphatic carbocycles. The van der Waals surface area contributed by atoms with Crippen molar-refractivity contribution < 1.29 is 80.9 Å². The molecule has 0 amide bonds. The largest absolute Gasteiger partial charge is 0.459 e. The van der Waals surface area contributed by atoms with Crippen LogP contribution in [0.5, 0.6) is 0 Å². The van der Waals surface area contributed by atoms with E-state index in [0.29, 0.717) is 4.90 Å². The molecule has 8 aromatic rings. The molecular formula is C67H54O17S. The highest BCUT2D eigenvalue weighted by Crippen LogP contribution is 2.41. The maximum atomic E-state index is 14.7. The first-order valence-corrected chi connectivity index (χ1v) is 27.9. The van der Waals surface area contributed by atoms with Gasteiger partial charge in [-0.25, -0.2) is 33.6 Å². The summed E-state index contributed by atoms with van der Waals surface area (Å²) >= 11 is 1.10. The predicted octanol–water partition coefficient (Wildman–Crippen LogP) is 10.5. The number of esters is 7. The summed E-state index contributed by atoms with van der Waals surface area (Å²) in [6, 6.07) is 64.4. The second-order valence-corrected chi connectivity index (χ2v) is 20.4. The number of carbonyl (C=O) groups is 7. The van der Waals surface area contributed by atoms with Gasteiger partial charge in [0.1, 0.15) is 37.0 Å². The highest BCUT2D eigenvalue weighted by molar-refractivity contribution is 7.99. The van der Waals surface area contributed by atoms with Gasteiger partial charge in [-0.3, -0.25) is 0 Å². The molecule has 0 N–H and O–H groups in total. The monoisotopic (exact) mass is 1160 g/mol. The number of ether oxygens (including phenoxy) is 10. The molecule has 8 aromatic carbocycles. The first-order chi connectivity index (χ1) is 41.6. The zero-order valence-electron chi connectivity index (χ0n) is 45.1. The highest BCUT2D eigenvalue weighted by atomic mass is 32.2. The van der Waals surface area contributed by atoms with Gasteiger partial charge in [-0.05, 0) is 97.1 Å². The van der Waals surface area contributed by atoms with E-state index in [9.17, 15) is 33.6 Å². The number of carbonyl (C=O) groups excluding carboxylic acids is 7. The van der Waals surface area contributed by atoms with E-state index in [1.165, 1.54) is 72.8 Å². The van der Waals surface area contributed by atoms with Crippen LogP contribution in [0.1, 0.15) is 72.5 Å². The minimum absolute atomic E-state index is 0.0150. The number of thioether (sulfide) groups is 1. The molecule has 85 heavy (non-hydrogen) atoms. The van der Waals surface area contributed by atoms with E-state index in [-0.39, 0.29) is 38.9 Å². The minimum Gasteiger partial charge on any atom is -0.459 e. The van der Waals surface area contributed by atoms with Gasteiger partial charge in [0.15, 0.2) is 36.8 Å². The van der Waals surface area contributed by atoms with Crippen LogP contribution in [0.25, 0.3) is 0 Å². The molecule has 17 nitrogen and oxygen atoms in total. The summed E-state index contributed by atoms with van der Waals surface area (Å²) in [5.74, 6) is -6.32. The fourth-order valence-corrected chi connectivity index (χ4v) is 10.4. The predicted molar refractivity (Wildman–Crippen MR) is 306 cm³/mol. The molecule has 10 rings (SSSR count). The topological polar surface area (TPSA) is 212 Å². The van der Waals surface area contributed by atoms with Crippen molar-refractivity contribution in [2.75, 3.05) is 13.2 Å². The molecule has 0 saturated carbocycles. The third kappa shape index (κ3) is 15.1. The standard InChI is InChI=1S/C67H54O17S/c68-59(43-25-9-1-10-26-43)75-41-51-53(79-61(70)45-29-13-3-14-30-45)55(80-62(71)46-31-15-4-16-32-46)57(82-64(73)48-35-19-6-20-36-48)66(77-51)84-54-52(42-76-60(69)44-27-11-2-12-28-44)78-67(85-50-39-23-8-24-40-50)58(83-65(74)49-37-21-7-22-38-49)56(54)81-63(72)47-33-17-5-18-34-47/h1-40,51-58,66-67H,41-42H2/t51-,52-,53+,54-,55+,56+,57-,58-,66+,67+/m1/s1. The van der Waals surface area contributed by atoms with E-state index in [1.807, 2.05) is 0 Å². The van der Waals surface area contributed by atoms with Gasteiger partial charge in [0.2, 0.25) is 0 Å². The van der Waals surface area contributed by atoms with Crippen molar-refractivity contribution in [2.24, 2.45) is 0 Å². The zero-order chi connectivity index (χ0) is 58.9. The van der Waals surface area contributed by atoms with Gasteiger partial charge < -0.3 is 47.4 Å². The molecule has 0 spiro atoms. The van der Waals surface area contributed by atoms with E-state index in [2.05, 4.69) is 0 Å². The summed E-state index contributed by atoms with van der Waals surface area (Å²) < 4.78 is 64.7. The molecule has 2 saturated heterocycles. The maximum absolute atomic E-state index is 14.7. The Bertz CT molecular complexity index is 3510. The molecular weight excluding hydrogens is 1110 g/mol. The van der Waals surface area contributed by atoms with Gasteiger partial charge in [-0.2, -0.15) is 0 Å². The van der Waals surface area contributed by atoms with Crippen molar-refractivity contribution in [1.82, 2.24) is 0 Å². The van der Waals surface area contributed by atoms with E-state index >= 15 is 0 Å². The third-order valence-electron chi connectivity index (χ3n) is 13.5. The van der Waals surface area contributed by atoms with Crippen molar-refractivity contribution >= 4 is 53.5 Å². The van der Waals surface area contributed by atoms with Crippen LogP contribution < -0.4 is 0 Å². The Morgan fingerprint density at radius 2 is 0.565 bits per heavy atom. The van der Waals surface area contributed by atoms with Crippen molar-refractivity contribution in [2.45, 2.75) is 65.5 Å². The van der Waals surface area contributed by atoms with Crippen LogP contribution in [0.4, 0.5) is 0 Å². The van der Waals surface area contributed by atoms with Crippen LogP contribution in [0.3, 0.4) is 0 Å². The Morgan fingerprint density at radius 3 is 0.918 bits per heavy atom. The molecule has 10 atom stereocenters. The molecule has 0 radical (unpaired) electrons. The lowest BCUT2D eigenvalue weighted by molar-refractivity contribution is -0.335. The van der Waals surface area contributed by atoms with Gasteiger partial charge in [-0.15, -0.1) is 0 Å². The van der Waals surface area contributed by atoms with Crippen LogP contribution >= 0.6 is 11.8 Å². The van der Waals surface area contributed by atoms with E-state index in [1.54, 1.807) is 170 Å². The Balaban J connectivity index is 1.14. The van der Waals surface area contributed by atoms with Crippen molar-refractivity contribution in [1.29, 1.82) is 0 Å². The molecule has 18 heteroatoms. The molecule has 430 valence electrons. The van der Waals surface area contributed by atoms with Crippen molar-refractivity contribution in [3.05, 3.63) is 282 Å². The normalized spacial score (nSPS) is 21.6. The molecule has 2 aliphatic heterocycles. The Hall–Kier alpha value is -9.72. The minimum atomic E-state index is -2.03. The van der Waals surface area contributed by atoms with Gasteiger partial charge in [0, 0.05) is 4.90 Å². The Kier molecular flexibility index (Phi) is 19.6. The molecule has 2 fully saturated rings. The van der Waals surface area contributed by atoms with Crippen LogP contribution in [0, 0.1) is 0 Å². The average Bonchev–Trinajstić information content (AvgIpc) is 2.85. The SMILES string of the molecule is O=C(OC[C@H]1O[C@@H](O[C@H]2[C@H](OC(=O)c3ccccc3)[C@@H](OC(=O)c3ccccc3)[C@H](Sc3ccccc3)O[C@@H]2COC(=O)c2ccccc2)[C@H](OC(=O)c2ccccc2)[C@@H](OC(=O)c2ccccc2)[C@H]1OC(=O)c1ccccc1)c1ccccc1. The van der Waals surface area contributed by atoms with E-state index < -0.39 is 116 Å². The first kappa shape index (κ1) is 58.5. The second-order valence-electron chi connectivity index (χ2n) is 19.2. The summed E-state index contributed by atoms with van der Waals surface area (Å²) in [7, 11) is 0. The summed E-state index contributed by atoms with van der Waals surface area (Å²) in [6.45, 7) is -1.36. The molecule has 0 bridgehead atoms. The summed E-state index contributed by atoms with van der Waals surface area (Å²) in [5.41, 5.74) is -0.676. The fourth-order valence-electron chi connectivity index (χ4n) is 9.30. The van der Waals surface area contributed by atoms with Crippen LogP contribution in [-0.2, 0) is 47.4 Å². The fraction of sp³-hybridized carbons (Fsp3) is 0.179. The van der Waals surface area contributed by atoms with Crippen LogP contribution in [-0.4, -0.2) is 116 Å². The van der Waals surface area contributed by atoms with Gasteiger partial charge >= 0.3 is 41.8 Å². The van der Waals surface area contributed by atoms with Gasteiger partial charge in [0.05, 0.1) is 38.9 Å². The summed E-state index contributed by atoms with van der Waals surface area (Å²) in [4.78, 5) is 101. The van der Waals surface area contributed by atoms with Gasteiger partial charge in [-0.1, -0.05) is 157 Å². The zero-order valence-corrected chi connectivity index (χ0v) is 45.9. The lowest BCUT2D eigenvalue weighted by Gasteiger charge is -2.49. The summed E-state index contributed by atoms with van der Waals surface area (Å²) in [5, 5.41) is 0. The van der Waals surface area contributed by atoms with E-state index in [4.69, 9.17) is 47.4 Å². The van der Waals surface area contributed by atoms with Crippen molar-refractivity contribution in [3.63, 3.8) is 0 Å². The molecule has 0 aromatic heterocycles. The van der Waals surface area contributed by atoms with Crippen molar-refractivity contribution in [3.8, 4) is 0 Å². The maximum Gasteiger partial charge on any atom is 0.338 e. The lowest BCUT2D eigenvalue weighted by Crippen LogP contribution is -2.67. The van der Waals surface area contributed by atoms with Crippen LogP contribution in [0.15, 0.2) is 248 Å². The third-order valence-corrected chi connectivity index (χ3v) is 14.7. The number of rotatable bonds is 20. The number of hydrogen-bond donors (Lipinski definition) is 0. The smallest absolute Gasteiger partial charge is 0.338 e. The van der Waals surface area contributed by atoms with Gasteiger partial charge in [0.25, 0.3) is 0 Å². The molecule has 2 heterocycles. The highest BCUT2D eigenvalue weighted by Gasteiger charge is 2.58. The number of benzene rings is 8. The second kappa shape index (κ2) is 28.5. The Morgan fingerprint density at radius 1 is 0.294 bits per heavy atom. The summed E-state index contributed by atoms with van der Waals surface area (Å²) in [6.07, 6.45) is -15.9. The molecule has 2 aliphatic rings. The quantitative estimate of drug-likeness (QED) is 0.0513. The lowest BCUT2D eigenvalue weighted by atomic mass is 9.96.